The number of hydrogen-bond acceptors (Lipinski definition) is 4. The number of rotatable bonds is 4. The number of benzene rings is 1. The highest BCUT2D eigenvalue weighted by atomic mass is 16.2. The van der Waals surface area contributed by atoms with Gasteiger partial charge in [0, 0.05) is 18.9 Å². The largest absolute Gasteiger partial charge is 0.347 e. The summed E-state index contributed by atoms with van der Waals surface area (Å²) in [5.41, 5.74) is 2.88. The molecular formula is C14H14N6O. The van der Waals surface area contributed by atoms with E-state index in [0.717, 1.165) is 11.3 Å². The van der Waals surface area contributed by atoms with E-state index in [1.807, 2.05) is 36.5 Å². The minimum atomic E-state index is -0.239. The lowest BCUT2D eigenvalue weighted by atomic mass is 10.2. The van der Waals surface area contributed by atoms with E-state index in [1.165, 1.54) is 0 Å². The molecule has 0 aliphatic carbocycles. The molecule has 1 amide bonds. The Labute approximate surface area is 121 Å². The van der Waals surface area contributed by atoms with Gasteiger partial charge in [0.15, 0.2) is 5.69 Å². The van der Waals surface area contributed by atoms with Crippen molar-refractivity contribution < 1.29 is 4.79 Å². The lowest BCUT2D eigenvalue weighted by Gasteiger charge is -2.06. The Bertz CT molecular complexity index is 729. The average molecular weight is 282 g/mol. The summed E-state index contributed by atoms with van der Waals surface area (Å²) in [6.45, 7) is 2.17. The highest BCUT2D eigenvalue weighted by molar-refractivity contribution is 5.93. The molecule has 2 heterocycles. The SMILES string of the molecule is Cc1n[nH]nc1C(=O)NCc1ccc(-n2cccn2)cc1. The summed E-state index contributed by atoms with van der Waals surface area (Å²) in [6.07, 6.45) is 3.61. The molecule has 0 bridgehead atoms. The van der Waals surface area contributed by atoms with E-state index < -0.39 is 0 Å². The van der Waals surface area contributed by atoms with Gasteiger partial charge in [-0.2, -0.15) is 20.5 Å². The molecule has 0 atom stereocenters. The molecule has 0 saturated heterocycles. The minimum absolute atomic E-state index is 0.239. The molecule has 3 aromatic rings. The molecule has 0 aliphatic rings. The van der Waals surface area contributed by atoms with Crippen LogP contribution in [0.2, 0.25) is 0 Å². The molecule has 106 valence electrons. The van der Waals surface area contributed by atoms with Gasteiger partial charge in [0.1, 0.15) is 0 Å². The maximum Gasteiger partial charge on any atom is 0.274 e. The smallest absolute Gasteiger partial charge is 0.274 e. The Kier molecular flexibility index (Phi) is 3.46. The van der Waals surface area contributed by atoms with Gasteiger partial charge in [-0.25, -0.2) is 4.68 Å². The number of nitrogens with zero attached hydrogens (tertiary/aromatic N) is 4. The first kappa shape index (κ1) is 13.0. The van der Waals surface area contributed by atoms with Gasteiger partial charge in [-0.1, -0.05) is 12.1 Å². The monoisotopic (exact) mass is 282 g/mol. The van der Waals surface area contributed by atoms with E-state index in [2.05, 4.69) is 25.8 Å². The fourth-order valence-corrected chi connectivity index (χ4v) is 1.95. The quantitative estimate of drug-likeness (QED) is 0.753. The first-order valence-electron chi connectivity index (χ1n) is 6.48. The predicted molar refractivity (Wildman–Crippen MR) is 75.9 cm³/mol. The number of carbonyl (C=O) groups is 1. The second-order valence-electron chi connectivity index (χ2n) is 4.56. The number of nitrogens with one attached hydrogen (secondary N) is 2. The Morgan fingerprint density at radius 1 is 1.29 bits per heavy atom. The maximum atomic E-state index is 11.9. The van der Waals surface area contributed by atoms with Crippen LogP contribution in [-0.2, 0) is 6.54 Å². The summed E-state index contributed by atoms with van der Waals surface area (Å²) < 4.78 is 1.78. The van der Waals surface area contributed by atoms with E-state index in [-0.39, 0.29) is 5.91 Å². The van der Waals surface area contributed by atoms with Crippen molar-refractivity contribution in [2.24, 2.45) is 0 Å². The van der Waals surface area contributed by atoms with Gasteiger partial charge in [-0.15, -0.1) is 0 Å². The molecule has 0 saturated carbocycles. The minimum Gasteiger partial charge on any atom is -0.347 e. The van der Waals surface area contributed by atoms with Crippen LogP contribution in [0, 0.1) is 6.92 Å². The van der Waals surface area contributed by atoms with Crippen molar-refractivity contribution in [1.29, 1.82) is 0 Å². The summed E-state index contributed by atoms with van der Waals surface area (Å²) in [4.78, 5) is 11.9. The summed E-state index contributed by atoms with van der Waals surface area (Å²) >= 11 is 0. The number of amides is 1. The van der Waals surface area contributed by atoms with Gasteiger partial charge in [0.2, 0.25) is 0 Å². The van der Waals surface area contributed by atoms with Crippen molar-refractivity contribution in [1.82, 2.24) is 30.5 Å². The van der Waals surface area contributed by atoms with Gasteiger partial charge < -0.3 is 5.32 Å². The topological polar surface area (TPSA) is 88.5 Å². The first-order valence-corrected chi connectivity index (χ1v) is 6.48. The van der Waals surface area contributed by atoms with E-state index in [1.54, 1.807) is 17.8 Å². The van der Waals surface area contributed by atoms with Crippen molar-refractivity contribution in [3.63, 3.8) is 0 Å². The molecule has 0 spiro atoms. The van der Waals surface area contributed by atoms with Crippen LogP contribution >= 0.6 is 0 Å². The fraction of sp³-hybridized carbons (Fsp3) is 0.143. The molecule has 7 nitrogen and oxygen atoms in total. The van der Waals surface area contributed by atoms with Crippen molar-refractivity contribution in [3.8, 4) is 5.69 Å². The Balaban J connectivity index is 1.64. The Morgan fingerprint density at radius 3 is 2.71 bits per heavy atom. The van der Waals surface area contributed by atoms with Crippen molar-refractivity contribution >= 4 is 5.91 Å². The predicted octanol–water partition coefficient (Wildman–Crippen LogP) is 1.23. The molecule has 1 aromatic carbocycles. The molecule has 2 N–H and O–H groups in total. The highest BCUT2D eigenvalue weighted by Crippen LogP contribution is 2.08. The third kappa shape index (κ3) is 2.81. The van der Waals surface area contributed by atoms with Crippen LogP contribution in [0.25, 0.3) is 5.69 Å². The van der Waals surface area contributed by atoms with Crippen molar-refractivity contribution in [2.45, 2.75) is 13.5 Å². The van der Waals surface area contributed by atoms with Crippen LogP contribution < -0.4 is 5.32 Å². The van der Waals surface area contributed by atoms with Crippen LogP contribution in [0.15, 0.2) is 42.7 Å². The van der Waals surface area contributed by atoms with Gasteiger partial charge in [0.25, 0.3) is 5.91 Å². The van der Waals surface area contributed by atoms with Gasteiger partial charge in [0.05, 0.1) is 11.4 Å². The zero-order valence-corrected chi connectivity index (χ0v) is 11.4. The zero-order chi connectivity index (χ0) is 14.7. The first-order chi connectivity index (χ1) is 10.2. The third-order valence-corrected chi connectivity index (χ3v) is 3.10. The average Bonchev–Trinajstić information content (AvgIpc) is 3.16. The van der Waals surface area contributed by atoms with Crippen molar-refractivity contribution in [2.75, 3.05) is 0 Å². The third-order valence-electron chi connectivity index (χ3n) is 3.10. The van der Waals surface area contributed by atoms with Crippen molar-refractivity contribution in [3.05, 3.63) is 59.7 Å². The summed E-state index contributed by atoms with van der Waals surface area (Å²) in [5.74, 6) is -0.239. The van der Waals surface area contributed by atoms with E-state index in [9.17, 15) is 4.79 Å². The number of H-pyrrole nitrogens is 1. The number of aryl methyl sites for hydroxylation is 1. The van der Waals surface area contributed by atoms with Crippen LogP contribution in [0.5, 0.6) is 0 Å². The second-order valence-corrected chi connectivity index (χ2v) is 4.56. The van der Waals surface area contributed by atoms with Gasteiger partial charge in [-0.05, 0) is 30.7 Å². The summed E-state index contributed by atoms with van der Waals surface area (Å²) in [5, 5.41) is 17.0. The Morgan fingerprint density at radius 2 is 2.10 bits per heavy atom. The number of aromatic nitrogens is 5. The van der Waals surface area contributed by atoms with E-state index in [0.29, 0.717) is 17.9 Å². The summed E-state index contributed by atoms with van der Waals surface area (Å²) in [6, 6.07) is 9.68. The molecular weight excluding hydrogens is 268 g/mol. The molecule has 21 heavy (non-hydrogen) atoms. The Hall–Kier alpha value is -2.96. The number of carbonyl (C=O) groups excluding carboxylic acids is 1. The van der Waals surface area contributed by atoms with Crippen LogP contribution in [-0.4, -0.2) is 31.1 Å². The van der Waals surface area contributed by atoms with Crippen LogP contribution in [0.4, 0.5) is 0 Å². The maximum absolute atomic E-state index is 11.9. The zero-order valence-electron chi connectivity index (χ0n) is 11.4. The molecule has 0 fully saturated rings. The molecule has 0 radical (unpaired) electrons. The van der Waals surface area contributed by atoms with E-state index >= 15 is 0 Å². The summed E-state index contributed by atoms with van der Waals surface area (Å²) in [7, 11) is 0. The molecule has 0 aliphatic heterocycles. The lowest BCUT2D eigenvalue weighted by Crippen LogP contribution is -2.23. The lowest BCUT2D eigenvalue weighted by molar-refractivity contribution is 0.0945. The highest BCUT2D eigenvalue weighted by Gasteiger charge is 2.12. The standard InChI is InChI=1S/C14H14N6O/c1-10-13(18-19-17-10)14(21)15-9-11-3-5-12(6-4-11)20-8-2-7-16-20/h2-8H,9H2,1H3,(H,15,21)(H,17,18,19). The number of hydrogen-bond donors (Lipinski definition) is 2. The molecule has 7 heteroatoms. The molecule has 2 aromatic heterocycles. The van der Waals surface area contributed by atoms with Gasteiger partial charge in [-0.3, -0.25) is 4.79 Å². The number of aromatic amines is 1. The normalized spacial score (nSPS) is 10.5. The van der Waals surface area contributed by atoms with Crippen LogP contribution in [0.3, 0.4) is 0 Å². The molecule has 3 rings (SSSR count). The fourth-order valence-electron chi connectivity index (χ4n) is 1.95. The second kappa shape index (κ2) is 5.58. The van der Waals surface area contributed by atoms with Gasteiger partial charge >= 0.3 is 0 Å². The van der Waals surface area contributed by atoms with E-state index in [4.69, 9.17) is 0 Å². The molecule has 0 unspecified atom stereocenters. The van der Waals surface area contributed by atoms with Crippen LogP contribution in [0.1, 0.15) is 21.7 Å².